The Kier molecular flexibility index (Phi) is 5.34. The average molecular weight is 265 g/mol. The molecule has 0 saturated heterocycles. The molecular formula is C12H15N3O4. The van der Waals surface area contributed by atoms with E-state index in [4.69, 9.17) is 4.74 Å². The number of rotatable bonds is 5. The van der Waals surface area contributed by atoms with Crippen LogP contribution in [0.1, 0.15) is 0 Å². The van der Waals surface area contributed by atoms with Crippen molar-refractivity contribution >= 4 is 17.5 Å². The Labute approximate surface area is 110 Å². The predicted octanol–water partition coefficient (Wildman–Crippen LogP) is 2.22. The van der Waals surface area contributed by atoms with Crippen molar-refractivity contribution in [1.82, 2.24) is 4.90 Å². The van der Waals surface area contributed by atoms with Crippen molar-refractivity contribution in [3.8, 4) is 0 Å². The van der Waals surface area contributed by atoms with Gasteiger partial charge in [0.25, 0.3) is 5.69 Å². The van der Waals surface area contributed by atoms with Gasteiger partial charge in [-0.05, 0) is 18.3 Å². The third kappa shape index (κ3) is 5.07. The number of benzene rings is 1. The number of nitrogens with zero attached hydrogens (tertiary/aromatic N) is 2. The van der Waals surface area contributed by atoms with Crippen LogP contribution in [0.3, 0.4) is 0 Å². The molecule has 1 amide bonds. The van der Waals surface area contributed by atoms with Gasteiger partial charge in [0.2, 0.25) is 0 Å². The second-order valence-electron chi connectivity index (χ2n) is 3.85. The standard InChI is InChI=1S/C12H15N3O4/c1-14(2)8-5-9-19-12(16)13-10-6-3-4-7-11(10)15(17)18/h3-8H,9H2,1-2H3,(H,13,16). The first kappa shape index (κ1) is 14.5. The third-order valence-electron chi connectivity index (χ3n) is 2.05. The summed E-state index contributed by atoms with van der Waals surface area (Å²) in [7, 11) is 3.67. The number of hydrogen-bond acceptors (Lipinski definition) is 5. The van der Waals surface area contributed by atoms with Gasteiger partial charge in [-0.25, -0.2) is 4.79 Å². The molecule has 0 unspecified atom stereocenters. The summed E-state index contributed by atoms with van der Waals surface area (Å²) in [5, 5.41) is 13.1. The smallest absolute Gasteiger partial charge is 0.412 e. The fraction of sp³-hybridized carbons (Fsp3) is 0.250. The molecule has 1 rings (SSSR count). The Hall–Kier alpha value is -2.57. The second-order valence-corrected chi connectivity index (χ2v) is 3.85. The van der Waals surface area contributed by atoms with Crippen LogP contribution in [0.5, 0.6) is 0 Å². The SMILES string of the molecule is CN(C)C=CCOC(=O)Nc1ccccc1[N+](=O)[O-]. The van der Waals surface area contributed by atoms with Crippen LogP contribution in [0.25, 0.3) is 0 Å². The lowest BCUT2D eigenvalue weighted by Crippen LogP contribution is -2.15. The molecule has 7 nitrogen and oxygen atoms in total. The van der Waals surface area contributed by atoms with Gasteiger partial charge in [-0.3, -0.25) is 15.4 Å². The first-order valence-electron chi connectivity index (χ1n) is 5.51. The van der Waals surface area contributed by atoms with E-state index in [9.17, 15) is 14.9 Å². The number of anilines is 1. The van der Waals surface area contributed by atoms with E-state index in [1.807, 2.05) is 14.1 Å². The number of nitro groups is 1. The highest BCUT2D eigenvalue weighted by atomic mass is 16.6. The molecule has 1 aromatic rings. The van der Waals surface area contributed by atoms with E-state index < -0.39 is 11.0 Å². The summed E-state index contributed by atoms with van der Waals surface area (Å²) in [4.78, 5) is 23.4. The van der Waals surface area contributed by atoms with Crippen molar-refractivity contribution in [3.05, 3.63) is 46.7 Å². The lowest BCUT2D eigenvalue weighted by atomic mass is 10.3. The topological polar surface area (TPSA) is 84.7 Å². The highest BCUT2D eigenvalue weighted by molar-refractivity contribution is 5.87. The molecule has 1 N–H and O–H groups in total. The Balaban J connectivity index is 2.55. The number of ether oxygens (including phenoxy) is 1. The molecule has 0 aliphatic heterocycles. The van der Waals surface area contributed by atoms with Crippen LogP contribution in [-0.2, 0) is 4.74 Å². The fourth-order valence-corrected chi connectivity index (χ4v) is 1.26. The number of nitrogens with one attached hydrogen (secondary N) is 1. The molecule has 0 aliphatic rings. The molecule has 0 atom stereocenters. The number of hydrogen-bond donors (Lipinski definition) is 1. The van der Waals surface area contributed by atoms with E-state index in [1.165, 1.54) is 18.2 Å². The lowest BCUT2D eigenvalue weighted by molar-refractivity contribution is -0.383. The van der Waals surface area contributed by atoms with Crippen molar-refractivity contribution in [2.75, 3.05) is 26.0 Å². The second kappa shape index (κ2) is 7.00. The van der Waals surface area contributed by atoms with Crippen molar-refractivity contribution in [2.24, 2.45) is 0 Å². The van der Waals surface area contributed by atoms with Gasteiger partial charge < -0.3 is 9.64 Å². The molecule has 0 spiro atoms. The van der Waals surface area contributed by atoms with E-state index in [0.717, 1.165) is 0 Å². The molecule has 0 heterocycles. The van der Waals surface area contributed by atoms with Gasteiger partial charge in [0.1, 0.15) is 12.3 Å². The van der Waals surface area contributed by atoms with E-state index in [1.54, 1.807) is 23.2 Å². The minimum atomic E-state index is -0.738. The largest absolute Gasteiger partial charge is 0.445 e. The van der Waals surface area contributed by atoms with Crippen molar-refractivity contribution in [2.45, 2.75) is 0 Å². The molecule has 19 heavy (non-hydrogen) atoms. The van der Waals surface area contributed by atoms with Crippen LogP contribution in [-0.4, -0.2) is 36.6 Å². The number of para-hydroxylation sites is 2. The maximum atomic E-state index is 11.4. The summed E-state index contributed by atoms with van der Waals surface area (Å²) in [6, 6.07) is 5.86. The maximum Gasteiger partial charge on any atom is 0.412 e. The molecule has 102 valence electrons. The van der Waals surface area contributed by atoms with Crippen LogP contribution < -0.4 is 5.32 Å². The van der Waals surface area contributed by atoms with Gasteiger partial charge in [0.05, 0.1) is 4.92 Å². The zero-order valence-electron chi connectivity index (χ0n) is 10.7. The van der Waals surface area contributed by atoms with Crippen molar-refractivity contribution < 1.29 is 14.5 Å². The van der Waals surface area contributed by atoms with Gasteiger partial charge in [0, 0.05) is 20.2 Å². The van der Waals surface area contributed by atoms with Gasteiger partial charge in [-0.2, -0.15) is 0 Å². The van der Waals surface area contributed by atoms with Gasteiger partial charge in [0.15, 0.2) is 0 Å². The Morgan fingerprint density at radius 3 is 2.79 bits per heavy atom. The first-order chi connectivity index (χ1) is 9.00. The molecule has 0 saturated carbocycles. The number of carbonyl (C=O) groups excluding carboxylic acids is 1. The van der Waals surface area contributed by atoms with E-state index in [0.29, 0.717) is 0 Å². The van der Waals surface area contributed by atoms with Gasteiger partial charge in [-0.15, -0.1) is 0 Å². The summed E-state index contributed by atoms with van der Waals surface area (Å²) in [5.41, 5.74) is -0.0719. The minimum absolute atomic E-state index is 0.0879. The predicted molar refractivity (Wildman–Crippen MR) is 70.9 cm³/mol. The first-order valence-corrected chi connectivity index (χ1v) is 5.51. The normalized spacial score (nSPS) is 10.2. The van der Waals surface area contributed by atoms with Crippen LogP contribution in [0.2, 0.25) is 0 Å². The minimum Gasteiger partial charge on any atom is -0.445 e. The summed E-state index contributed by atoms with van der Waals surface area (Å²) in [6.07, 6.45) is 2.65. The van der Waals surface area contributed by atoms with Crippen LogP contribution in [0, 0.1) is 10.1 Å². The Bertz CT molecular complexity index is 486. The number of carbonyl (C=O) groups is 1. The molecule has 1 aromatic carbocycles. The number of amides is 1. The summed E-state index contributed by atoms with van der Waals surface area (Å²) < 4.78 is 4.84. The highest BCUT2D eigenvalue weighted by Gasteiger charge is 2.14. The molecule has 0 aliphatic carbocycles. The van der Waals surface area contributed by atoms with Crippen molar-refractivity contribution in [1.29, 1.82) is 0 Å². The lowest BCUT2D eigenvalue weighted by Gasteiger charge is -2.06. The van der Waals surface area contributed by atoms with Crippen LogP contribution in [0.15, 0.2) is 36.5 Å². The quantitative estimate of drug-likeness (QED) is 0.651. The van der Waals surface area contributed by atoms with E-state index in [2.05, 4.69) is 5.32 Å². The number of nitro benzene ring substituents is 1. The molecule has 0 fully saturated rings. The summed E-state index contributed by atoms with van der Waals surface area (Å²) in [6.45, 7) is 0.0879. The highest BCUT2D eigenvalue weighted by Crippen LogP contribution is 2.23. The van der Waals surface area contributed by atoms with E-state index >= 15 is 0 Å². The zero-order valence-corrected chi connectivity index (χ0v) is 10.7. The average Bonchev–Trinajstić information content (AvgIpc) is 2.35. The van der Waals surface area contributed by atoms with Crippen LogP contribution in [0.4, 0.5) is 16.2 Å². The molecular weight excluding hydrogens is 250 g/mol. The summed E-state index contributed by atoms with van der Waals surface area (Å²) in [5.74, 6) is 0. The summed E-state index contributed by atoms with van der Waals surface area (Å²) >= 11 is 0. The Morgan fingerprint density at radius 2 is 2.16 bits per heavy atom. The molecule has 0 bridgehead atoms. The van der Waals surface area contributed by atoms with Crippen LogP contribution >= 0.6 is 0 Å². The maximum absolute atomic E-state index is 11.4. The van der Waals surface area contributed by atoms with Gasteiger partial charge in [-0.1, -0.05) is 12.1 Å². The zero-order chi connectivity index (χ0) is 14.3. The fourth-order valence-electron chi connectivity index (χ4n) is 1.26. The molecule has 0 radical (unpaired) electrons. The Morgan fingerprint density at radius 1 is 1.47 bits per heavy atom. The third-order valence-corrected chi connectivity index (χ3v) is 2.05. The van der Waals surface area contributed by atoms with E-state index in [-0.39, 0.29) is 18.0 Å². The molecule has 7 heteroatoms. The van der Waals surface area contributed by atoms with Crippen molar-refractivity contribution in [3.63, 3.8) is 0 Å². The molecule has 0 aromatic heterocycles. The van der Waals surface area contributed by atoms with Gasteiger partial charge >= 0.3 is 6.09 Å². The monoisotopic (exact) mass is 265 g/mol.